The van der Waals surface area contributed by atoms with Gasteiger partial charge in [-0.25, -0.2) is 12.8 Å². The molecule has 8 heteroatoms. The summed E-state index contributed by atoms with van der Waals surface area (Å²) in [6.07, 6.45) is 4.45. The van der Waals surface area contributed by atoms with Crippen LogP contribution in [0.1, 0.15) is 32.6 Å². The largest absolute Gasteiger partial charge is 0.348 e. The van der Waals surface area contributed by atoms with E-state index in [-0.39, 0.29) is 16.8 Å². The van der Waals surface area contributed by atoms with Crippen LogP contribution >= 0.6 is 0 Å². The number of hydrogen-bond acceptors (Lipinski definition) is 3. The Labute approximate surface area is 154 Å². The molecular weight excluding hydrogens is 357 g/mol. The van der Waals surface area contributed by atoms with E-state index in [0.29, 0.717) is 32.2 Å². The quantitative estimate of drug-likeness (QED) is 0.760. The number of rotatable bonds is 5. The third-order valence-corrected chi connectivity index (χ3v) is 7.44. The van der Waals surface area contributed by atoms with Gasteiger partial charge < -0.3 is 10.2 Å². The van der Waals surface area contributed by atoms with Crippen molar-refractivity contribution < 1.29 is 22.5 Å². The van der Waals surface area contributed by atoms with Crippen molar-refractivity contribution in [3.63, 3.8) is 0 Å². The smallest absolute Gasteiger partial charge is 0.278 e. The molecule has 1 aliphatic heterocycles. The predicted molar refractivity (Wildman–Crippen MR) is 95.7 cm³/mol. The molecule has 2 aliphatic rings. The number of halogens is 1. The Morgan fingerprint density at radius 3 is 2.35 bits per heavy atom. The summed E-state index contributed by atoms with van der Waals surface area (Å²) in [4.78, 5) is 13.6. The summed E-state index contributed by atoms with van der Waals surface area (Å²) in [6, 6.07) is 5.01. The molecule has 1 heterocycles. The molecule has 0 unspecified atom stereocenters. The zero-order valence-corrected chi connectivity index (χ0v) is 15.9. The summed E-state index contributed by atoms with van der Waals surface area (Å²) in [5.41, 5.74) is 0. The zero-order valence-electron chi connectivity index (χ0n) is 15.1. The lowest BCUT2D eigenvalue weighted by molar-refractivity contribution is -0.917. The van der Waals surface area contributed by atoms with E-state index < -0.39 is 15.8 Å². The molecule has 0 spiro atoms. The van der Waals surface area contributed by atoms with E-state index in [1.54, 1.807) is 0 Å². The minimum atomic E-state index is -3.61. The van der Waals surface area contributed by atoms with Gasteiger partial charge in [0.2, 0.25) is 10.0 Å². The van der Waals surface area contributed by atoms with Gasteiger partial charge in [0.25, 0.3) is 5.91 Å². The summed E-state index contributed by atoms with van der Waals surface area (Å²) in [6.45, 7) is 3.79. The third-order valence-electron chi connectivity index (χ3n) is 5.52. The molecule has 0 bridgehead atoms. The number of sulfonamides is 1. The monoisotopic (exact) mass is 384 g/mol. The molecule has 2 fully saturated rings. The van der Waals surface area contributed by atoms with Gasteiger partial charge >= 0.3 is 0 Å². The number of piperazine rings is 1. The first-order valence-electron chi connectivity index (χ1n) is 9.28. The number of amides is 1. The Balaban J connectivity index is 1.56. The number of nitrogens with one attached hydrogen (secondary N) is 2. The van der Waals surface area contributed by atoms with Gasteiger partial charge in [-0.15, -0.1) is 0 Å². The van der Waals surface area contributed by atoms with Gasteiger partial charge in [-0.1, -0.05) is 12.8 Å². The van der Waals surface area contributed by atoms with Gasteiger partial charge in [0.15, 0.2) is 6.04 Å². The number of benzene rings is 1. The standard InChI is InChI=1S/C18H26FN3O3S/c1-14(18(23)20-16-4-2-3-5-16)21-10-12-22(13-11-21)26(24,25)17-8-6-15(19)7-9-17/h6-9,14,16H,2-5,10-13H2,1H3,(H,20,23)/p+1/t14-/m0/s1. The van der Waals surface area contributed by atoms with Gasteiger partial charge in [-0.3, -0.25) is 4.79 Å². The van der Waals surface area contributed by atoms with E-state index >= 15 is 0 Å². The van der Waals surface area contributed by atoms with Crippen molar-refractivity contribution in [1.82, 2.24) is 9.62 Å². The van der Waals surface area contributed by atoms with E-state index in [9.17, 15) is 17.6 Å². The maximum atomic E-state index is 13.0. The SMILES string of the molecule is C[C@@H](C(=O)NC1CCCC1)[NH+]1CCN(S(=O)(=O)c2ccc(F)cc2)CC1. The Morgan fingerprint density at radius 2 is 1.77 bits per heavy atom. The number of carbonyl (C=O) groups excluding carboxylic acids is 1. The van der Waals surface area contributed by atoms with Gasteiger partial charge in [-0.2, -0.15) is 4.31 Å². The second kappa shape index (κ2) is 8.02. The second-order valence-electron chi connectivity index (χ2n) is 7.23. The maximum absolute atomic E-state index is 13.0. The van der Waals surface area contributed by atoms with E-state index in [2.05, 4.69) is 5.32 Å². The molecule has 26 heavy (non-hydrogen) atoms. The van der Waals surface area contributed by atoms with Crippen molar-refractivity contribution in [2.24, 2.45) is 0 Å². The van der Waals surface area contributed by atoms with Crippen LogP contribution in [-0.2, 0) is 14.8 Å². The molecule has 144 valence electrons. The fraction of sp³-hybridized carbons (Fsp3) is 0.611. The van der Waals surface area contributed by atoms with Gasteiger partial charge in [-0.05, 0) is 44.0 Å². The number of quaternary nitrogens is 1. The fourth-order valence-corrected chi connectivity index (χ4v) is 5.23. The minimum absolute atomic E-state index is 0.0572. The summed E-state index contributed by atoms with van der Waals surface area (Å²) in [5, 5.41) is 3.12. The van der Waals surface area contributed by atoms with Crippen LogP contribution in [0, 0.1) is 5.82 Å². The second-order valence-corrected chi connectivity index (χ2v) is 9.17. The Hall–Kier alpha value is -1.51. The van der Waals surface area contributed by atoms with Crippen LogP contribution in [0.5, 0.6) is 0 Å². The zero-order chi connectivity index (χ0) is 18.7. The Bertz CT molecular complexity index is 725. The molecule has 1 atom stereocenters. The van der Waals surface area contributed by atoms with E-state index in [0.717, 1.165) is 29.9 Å². The molecule has 1 aromatic carbocycles. The lowest BCUT2D eigenvalue weighted by Crippen LogP contribution is -3.19. The highest BCUT2D eigenvalue weighted by molar-refractivity contribution is 7.89. The van der Waals surface area contributed by atoms with Gasteiger partial charge in [0, 0.05) is 6.04 Å². The molecule has 1 aliphatic carbocycles. The van der Waals surface area contributed by atoms with Crippen LogP contribution in [0.4, 0.5) is 4.39 Å². The normalized spacial score (nSPS) is 21.6. The molecule has 2 N–H and O–H groups in total. The fourth-order valence-electron chi connectivity index (χ4n) is 3.78. The molecule has 0 aromatic heterocycles. The van der Waals surface area contributed by atoms with Crippen LogP contribution in [-0.4, -0.2) is 56.9 Å². The maximum Gasteiger partial charge on any atom is 0.278 e. The topological polar surface area (TPSA) is 70.9 Å². The van der Waals surface area contributed by atoms with E-state index in [1.165, 1.54) is 29.3 Å². The first-order valence-corrected chi connectivity index (χ1v) is 10.7. The Morgan fingerprint density at radius 1 is 1.19 bits per heavy atom. The summed E-state index contributed by atoms with van der Waals surface area (Å²) < 4.78 is 39.8. The first kappa shape index (κ1) is 19.3. The highest BCUT2D eigenvalue weighted by atomic mass is 32.2. The Kier molecular flexibility index (Phi) is 5.94. The molecule has 1 saturated carbocycles. The highest BCUT2D eigenvalue weighted by Crippen LogP contribution is 2.18. The van der Waals surface area contributed by atoms with Crippen LogP contribution in [0.3, 0.4) is 0 Å². The summed E-state index contributed by atoms with van der Waals surface area (Å²) in [5.74, 6) is -0.401. The van der Waals surface area contributed by atoms with Crippen molar-refractivity contribution in [1.29, 1.82) is 0 Å². The van der Waals surface area contributed by atoms with Gasteiger partial charge in [0.05, 0.1) is 31.1 Å². The molecule has 1 aromatic rings. The first-order chi connectivity index (χ1) is 12.4. The number of carbonyl (C=O) groups is 1. The highest BCUT2D eigenvalue weighted by Gasteiger charge is 2.35. The average Bonchev–Trinajstić information content (AvgIpc) is 3.14. The van der Waals surface area contributed by atoms with Crippen molar-refractivity contribution >= 4 is 15.9 Å². The van der Waals surface area contributed by atoms with Crippen LogP contribution in [0.25, 0.3) is 0 Å². The molecule has 6 nitrogen and oxygen atoms in total. The molecule has 1 saturated heterocycles. The van der Waals surface area contributed by atoms with Crippen molar-refractivity contribution in [3.05, 3.63) is 30.1 Å². The molecular formula is C18H27FN3O3S+. The minimum Gasteiger partial charge on any atom is -0.348 e. The summed E-state index contributed by atoms with van der Waals surface area (Å²) >= 11 is 0. The summed E-state index contributed by atoms with van der Waals surface area (Å²) in [7, 11) is -3.61. The number of nitrogens with zero attached hydrogens (tertiary/aromatic N) is 1. The molecule has 0 radical (unpaired) electrons. The lowest BCUT2D eigenvalue weighted by Gasteiger charge is -2.34. The van der Waals surface area contributed by atoms with E-state index in [1.807, 2.05) is 6.92 Å². The van der Waals surface area contributed by atoms with Crippen LogP contribution < -0.4 is 10.2 Å². The molecule has 3 rings (SSSR count). The molecule has 1 amide bonds. The van der Waals surface area contributed by atoms with Crippen LogP contribution in [0.2, 0.25) is 0 Å². The van der Waals surface area contributed by atoms with E-state index in [4.69, 9.17) is 0 Å². The third kappa shape index (κ3) is 4.24. The average molecular weight is 384 g/mol. The van der Waals surface area contributed by atoms with Crippen molar-refractivity contribution in [2.75, 3.05) is 26.2 Å². The van der Waals surface area contributed by atoms with Gasteiger partial charge in [0.1, 0.15) is 5.82 Å². The lowest BCUT2D eigenvalue weighted by atomic mass is 10.2. The predicted octanol–water partition coefficient (Wildman–Crippen LogP) is 0.162. The van der Waals surface area contributed by atoms with Crippen molar-refractivity contribution in [2.45, 2.75) is 49.6 Å². The van der Waals surface area contributed by atoms with Crippen molar-refractivity contribution in [3.8, 4) is 0 Å². The van der Waals surface area contributed by atoms with Crippen LogP contribution in [0.15, 0.2) is 29.2 Å². The number of hydrogen-bond donors (Lipinski definition) is 2.